The van der Waals surface area contributed by atoms with Gasteiger partial charge in [0, 0.05) is 18.7 Å². The van der Waals surface area contributed by atoms with Crippen molar-refractivity contribution in [3.63, 3.8) is 0 Å². The summed E-state index contributed by atoms with van der Waals surface area (Å²) in [6.45, 7) is 4.89. The highest BCUT2D eigenvalue weighted by Crippen LogP contribution is 2.21. The summed E-state index contributed by atoms with van der Waals surface area (Å²) in [7, 11) is -2.35. The number of hydrogen-bond acceptors (Lipinski definition) is 6. The van der Waals surface area contributed by atoms with Crippen LogP contribution in [0.2, 0.25) is 0 Å². The monoisotopic (exact) mass is 503 g/mol. The molecule has 0 bridgehead atoms. The first-order chi connectivity index (χ1) is 16.5. The molecule has 1 N–H and O–H groups in total. The number of rotatable bonds is 12. The molecular weight excluding hydrogens is 470 g/mol. The van der Waals surface area contributed by atoms with Crippen LogP contribution in [0, 0.1) is 0 Å². The van der Waals surface area contributed by atoms with Crippen molar-refractivity contribution in [3.05, 3.63) is 59.7 Å². The lowest BCUT2D eigenvalue weighted by Gasteiger charge is -2.31. The average Bonchev–Trinajstić information content (AvgIpc) is 2.83. The number of nitrogens with one attached hydrogen (secondary N) is 1. The van der Waals surface area contributed by atoms with Gasteiger partial charge in [-0.1, -0.05) is 31.2 Å². The van der Waals surface area contributed by atoms with Gasteiger partial charge < -0.3 is 15.0 Å². The number of sulfonamides is 1. The SMILES string of the molecule is CCCNC(=O)C(C)N(Cc1cccc(OC)c1)C(=O)CN(c1cccc(C(C)=O)c1)S(C)(=O)=O. The number of ether oxygens (including phenoxy) is 1. The van der Waals surface area contributed by atoms with Gasteiger partial charge in [0.15, 0.2) is 5.78 Å². The van der Waals surface area contributed by atoms with Crippen molar-refractivity contribution in [1.29, 1.82) is 0 Å². The minimum atomic E-state index is -3.88. The van der Waals surface area contributed by atoms with Crippen LogP contribution in [-0.2, 0) is 26.2 Å². The van der Waals surface area contributed by atoms with Crippen molar-refractivity contribution in [2.45, 2.75) is 39.8 Å². The molecule has 2 rings (SSSR count). The Morgan fingerprint density at radius 3 is 2.37 bits per heavy atom. The minimum absolute atomic E-state index is 0.0713. The van der Waals surface area contributed by atoms with E-state index < -0.39 is 28.5 Å². The summed E-state index contributed by atoms with van der Waals surface area (Å²) in [6.07, 6.45) is 1.72. The van der Waals surface area contributed by atoms with Gasteiger partial charge in [0.2, 0.25) is 21.8 Å². The maximum Gasteiger partial charge on any atom is 0.244 e. The van der Waals surface area contributed by atoms with Crippen molar-refractivity contribution in [2.24, 2.45) is 0 Å². The first-order valence-corrected chi connectivity index (χ1v) is 13.1. The lowest BCUT2D eigenvalue weighted by atomic mass is 10.1. The lowest BCUT2D eigenvalue weighted by molar-refractivity contribution is -0.139. The van der Waals surface area contributed by atoms with Crippen LogP contribution in [0.25, 0.3) is 0 Å². The molecule has 0 heterocycles. The molecule has 190 valence electrons. The third kappa shape index (κ3) is 7.81. The van der Waals surface area contributed by atoms with Crippen molar-refractivity contribution in [2.75, 3.05) is 30.8 Å². The first kappa shape index (κ1) is 27.8. The Kier molecular flexibility index (Phi) is 9.82. The molecule has 0 spiro atoms. The van der Waals surface area contributed by atoms with Gasteiger partial charge in [0.05, 0.1) is 19.1 Å². The van der Waals surface area contributed by atoms with Crippen LogP contribution < -0.4 is 14.4 Å². The summed E-state index contributed by atoms with van der Waals surface area (Å²) in [5, 5.41) is 2.78. The zero-order chi connectivity index (χ0) is 26.2. The highest BCUT2D eigenvalue weighted by Gasteiger charge is 2.30. The number of carbonyl (C=O) groups excluding carboxylic acids is 3. The van der Waals surface area contributed by atoms with Crippen molar-refractivity contribution in [1.82, 2.24) is 10.2 Å². The van der Waals surface area contributed by atoms with E-state index in [-0.39, 0.29) is 23.9 Å². The van der Waals surface area contributed by atoms with Gasteiger partial charge in [-0.15, -0.1) is 0 Å². The van der Waals surface area contributed by atoms with Crippen LogP contribution in [0.5, 0.6) is 5.75 Å². The lowest BCUT2D eigenvalue weighted by Crippen LogP contribution is -2.51. The molecule has 0 saturated heterocycles. The minimum Gasteiger partial charge on any atom is -0.497 e. The fraction of sp³-hybridized carbons (Fsp3) is 0.400. The number of hydrogen-bond donors (Lipinski definition) is 1. The van der Waals surface area contributed by atoms with E-state index in [0.29, 0.717) is 17.9 Å². The summed E-state index contributed by atoms with van der Waals surface area (Å²) in [4.78, 5) is 39.4. The Morgan fingerprint density at radius 1 is 1.09 bits per heavy atom. The zero-order valence-electron chi connectivity index (χ0n) is 20.8. The number of anilines is 1. The van der Waals surface area contributed by atoms with Gasteiger partial charge in [-0.25, -0.2) is 8.42 Å². The number of amides is 2. The molecule has 2 aromatic carbocycles. The largest absolute Gasteiger partial charge is 0.497 e. The van der Waals surface area contributed by atoms with E-state index in [1.54, 1.807) is 43.3 Å². The Hall–Kier alpha value is -3.40. The van der Waals surface area contributed by atoms with Crippen LogP contribution in [0.3, 0.4) is 0 Å². The number of nitrogens with zero attached hydrogens (tertiary/aromatic N) is 2. The molecule has 2 amide bonds. The molecule has 1 unspecified atom stereocenters. The Balaban J connectivity index is 2.42. The predicted octanol–water partition coefficient (Wildman–Crippen LogP) is 2.61. The van der Waals surface area contributed by atoms with E-state index >= 15 is 0 Å². The fourth-order valence-electron chi connectivity index (χ4n) is 3.44. The highest BCUT2D eigenvalue weighted by atomic mass is 32.2. The molecule has 10 heteroatoms. The predicted molar refractivity (Wildman–Crippen MR) is 135 cm³/mol. The maximum absolute atomic E-state index is 13.5. The number of benzene rings is 2. The summed E-state index contributed by atoms with van der Waals surface area (Å²) < 4.78 is 31.5. The normalized spacial score (nSPS) is 11.9. The van der Waals surface area contributed by atoms with Crippen molar-refractivity contribution >= 4 is 33.3 Å². The van der Waals surface area contributed by atoms with E-state index in [0.717, 1.165) is 22.5 Å². The zero-order valence-corrected chi connectivity index (χ0v) is 21.6. The smallest absolute Gasteiger partial charge is 0.244 e. The summed E-state index contributed by atoms with van der Waals surface area (Å²) in [5.74, 6) is -0.539. The van der Waals surface area contributed by atoms with Crippen LogP contribution in [0.15, 0.2) is 48.5 Å². The van der Waals surface area contributed by atoms with E-state index in [1.165, 1.54) is 31.1 Å². The Morgan fingerprint density at radius 2 is 1.77 bits per heavy atom. The molecule has 0 aromatic heterocycles. The molecule has 0 radical (unpaired) electrons. The first-order valence-electron chi connectivity index (χ1n) is 11.3. The molecular formula is C25H33N3O6S. The number of methoxy groups -OCH3 is 1. The second-order valence-electron chi connectivity index (χ2n) is 8.22. The van der Waals surface area contributed by atoms with Crippen LogP contribution >= 0.6 is 0 Å². The number of carbonyl (C=O) groups is 3. The van der Waals surface area contributed by atoms with Crippen molar-refractivity contribution in [3.8, 4) is 5.75 Å². The van der Waals surface area contributed by atoms with Crippen molar-refractivity contribution < 1.29 is 27.5 Å². The summed E-state index contributed by atoms with van der Waals surface area (Å²) >= 11 is 0. The van der Waals surface area contributed by atoms with Gasteiger partial charge in [-0.05, 0) is 50.1 Å². The molecule has 0 aliphatic heterocycles. The Labute approximate surface area is 207 Å². The van der Waals surface area contributed by atoms with Gasteiger partial charge in [0.25, 0.3) is 0 Å². The molecule has 35 heavy (non-hydrogen) atoms. The average molecular weight is 504 g/mol. The van der Waals surface area contributed by atoms with E-state index in [9.17, 15) is 22.8 Å². The van der Waals surface area contributed by atoms with Crippen LogP contribution in [-0.4, -0.2) is 63.4 Å². The summed E-state index contributed by atoms with van der Waals surface area (Å²) in [6, 6.07) is 12.3. The van der Waals surface area contributed by atoms with E-state index in [2.05, 4.69) is 5.32 Å². The van der Waals surface area contributed by atoms with Gasteiger partial charge >= 0.3 is 0 Å². The standard InChI is InChI=1S/C25H33N3O6S/c1-6-13-26-25(31)18(2)27(16-20-9-7-12-23(14-20)34-4)24(30)17-28(35(5,32)33)22-11-8-10-21(15-22)19(3)29/h7-12,14-15,18H,6,13,16-17H2,1-5H3,(H,26,31). The molecule has 0 aliphatic rings. The fourth-order valence-corrected chi connectivity index (χ4v) is 4.28. The number of ketones is 1. The molecule has 2 aromatic rings. The maximum atomic E-state index is 13.5. The molecule has 0 saturated carbocycles. The van der Waals surface area contributed by atoms with Gasteiger partial charge in [-0.2, -0.15) is 0 Å². The van der Waals surface area contributed by atoms with Crippen LogP contribution in [0.4, 0.5) is 5.69 Å². The third-order valence-electron chi connectivity index (χ3n) is 5.42. The topological polar surface area (TPSA) is 113 Å². The van der Waals surface area contributed by atoms with Crippen LogP contribution in [0.1, 0.15) is 43.1 Å². The third-order valence-corrected chi connectivity index (χ3v) is 6.56. The van der Waals surface area contributed by atoms with E-state index in [1.807, 2.05) is 6.92 Å². The second kappa shape index (κ2) is 12.3. The highest BCUT2D eigenvalue weighted by molar-refractivity contribution is 7.92. The molecule has 0 aliphatic carbocycles. The molecule has 1 atom stereocenters. The van der Waals surface area contributed by atoms with E-state index in [4.69, 9.17) is 4.74 Å². The quantitative estimate of drug-likeness (QED) is 0.446. The molecule has 0 fully saturated rings. The Bertz CT molecular complexity index is 1170. The summed E-state index contributed by atoms with van der Waals surface area (Å²) in [5.41, 5.74) is 1.24. The molecule has 9 nitrogen and oxygen atoms in total. The van der Waals surface area contributed by atoms with Gasteiger partial charge in [-0.3, -0.25) is 18.7 Å². The van der Waals surface area contributed by atoms with Gasteiger partial charge in [0.1, 0.15) is 18.3 Å². The second-order valence-corrected chi connectivity index (χ2v) is 10.1. The number of Topliss-reactive ketones (excluding diaryl/α,β-unsaturated/α-hetero) is 1.